The summed E-state index contributed by atoms with van der Waals surface area (Å²) in [5.74, 6) is -0.557. The van der Waals surface area contributed by atoms with Gasteiger partial charge in [-0.2, -0.15) is 0 Å². The number of furan rings is 1. The van der Waals surface area contributed by atoms with Crippen LogP contribution in [0.15, 0.2) is 22.9 Å². The second kappa shape index (κ2) is 2.58. The van der Waals surface area contributed by atoms with E-state index in [0.717, 1.165) is 0 Å². The maximum Gasteiger partial charge on any atom is 0.339 e. The molecular formula is C9H7NO3. The van der Waals surface area contributed by atoms with Crippen molar-refractivity contribution in [2.24, 2.45) is 0 Å². The van der Waals surface area contributed by atoms with Crippen LogP contribution in [-0.4, -0.2) is 16.1 Å². The van der Waals surface area contributed by atoms with Gasteiger partial charge in [-0.05, 0) is 13.0 Å². The van der Waals surface area contributed by atoms with E-state index >= 15 is 0 Å². The summed E-state index contributed by atoms with van der Waals surface area (Å²) in [5.41, 5.74) is 0.731. The molecule has 0 aliphatic carbocycles. The largest absolute Gasteiger partial charge is 0.478 e. The molecule has 0 spiro atoms. The zero-order valence-electron chi connectivity index (χ0n) is 6.94. The summed E-state index contributed by atoms with van der Waals surface area (Å²) in [6.45, 7) is 1.63. The van der Waals surface area contributed by atoms with Gasteiger partial charge in [-0.25, -0.2) is 4.79 Å². The van der Waals surface area contributed by atoms with Crippen LogP contribution in [0.1, 0.15) is 16.1 Å². The van der Waals surface area contributed by atoms with Gasteiger partial charge in [0.1, 0.15) is 11.3 Å². The molecular weight excluding hydrogens is 170 g/mol. The number of hydrogen-bond donors (Lipinski definition) is 1. The normalized spacial score (nSPS) is 10.5. The third-order valence-electron chi connectivity index (χ3n) is 1.88. The molecule has 66 valence electrons. The van der Waals surface area contributed by atoms with Crippen molar-refractivity contribution in [3.8, 4) is 0 Å². The highest BCUT2D eigenvalue weighted by Crippen LogP contribution is 2.23. The standard InChI is InChI=1S/C9H7NO3/c1-5-8(9(11)12)6-2-3-10-4-7(6)13-5/h2-4H,1H3,(H,11,12). The highest BCUT2D eigenvalue weighted by Gasteiger charge is 2.16. The first-order valence-corrected chi connectivity index (χ1v) is 3.76. The summed E-state index contributed by atoms with van der Waals surface area (Å²) >= 11 is 0. The molecule has 2 heterocycles. The minimum Gasteiger partial charge on any atom is -0.478 e. The van der Waals surface area contributed by atoms with Crippen LogP contribution < -0.4 is 0 Å². The van der Waals surface area contributed by atoms with Crippen LogP contribution in [0.3, 0.4) is 0 Å². The van der Waals surface area contributed by atoms with Crippen LogP contribution in [0, 0.1) is 6.92 Å². The van der Waals surface area contributed by atoms with Crippen molar-refractivity contribution in [3.63, 3.8) is 0 Å². The van der Waals surface area contributed by atoms with Gasteiger partial charge in [-0.3, -0.25) is 4.98 Å². The van der Waals surface area contributed by atoms with Crippen LogP contribution in [0.25, 0.3) is 11.0 Å². The van der Waals surface area contributed by atoms with E-state index in [-0.39, 0.29) is 5.56 Å². The van der Waals surface area contributed by atoms with E-state index in [2.05, 4.69) is 4.98 Å². The van der Waals surface area contributed by atoms with Gasteiger partial charge >= 0.3 is 5.97 Å². The van der Waals surface area contributed by atoms with Crippen molar-refractivity contribution in [3.05, 3.63) is 29.8 Å². The third kappa shape index (κ3) is 1.07. The van der Waals surface area contributed by atoms with Crippen molar-refractivity contribution in [2.75, 3.05) is 0 Å². The van der Waals surface area contributed by atoms with E-state index < -0.39 is 5.97 Å². The lowest BCUT2D eigenvalue weighted by molar-refractivity contribution is 0.0697. The van der Waals surface area contributed by atoms with Gasteiger partial charge in [0, 0.05) is 11.6 Å². The number of carbonyl (C=O) groups is 1. The molecule has 0 aliphatic rings. The van der Waals surface area contributed by atoms with Gasteiger partial charge in [0.25, 0.3) is 0 Å². The highest BCUT2D eigenvalue weighted by atomic mass is 16.4. The average Bonchev–Trinajstić information content (AvgIpc) is 2.39. The molecule has 13 heavy (non-hydrogen) atoms. The quantitative estimate of drug-likeness (QED) is 0.721. The van der Waals surface area contributed by atoms with Gasteiger partial charge in [0.2, 0.25) is 0 Å². The number of fused-ring (bicyclic) bond motifs is 1. The Balaban J connectivity index is 2.86. The van der Waals surface area contributed by atoms with Gasteiger partial charge in [0.15, 0.2) is 5.58 Å². The molecule has 4 nitrogen and oxygen atoms in total. The Morgan fingerprint density at radius 3 is 3.08 bits per heavy atom. The SMILES string of the molecule is Cc1oc2cnccc2c1C(=O)O. The first kappa shape index (κ1) is 7.79. The average molecular weight is 177 g/mol. The molecule has 0 atom stereocenters. The lowest BCUT2D eigenvalue weighted by atomic mass is 10.2. The minimum absolute atomic E-state index is 0.220. The van der Waals surface area contributed by atoms with Gasteiger partial charge in [-0.15, -0.1) is 0 Å². The first-order chi connectivity index (χ1) is 6.20. The Labute approximate surface area is 73.8 Å². The lowest BCUT2D eigenvalue weighted by Gasteiger charge is -1.89. The summed E-state index contributed by atoms with van der Waals surface area (Å²) in [5, 5.41) is 9.47. The summed E-state index contributed by atoms with van der Waals surface area (Å²) < 4.78 is 5.22. The molecule has 1 N–H and O–H groups in total. The van der Waals surface area contributed by atoms with Crippen molar-refractivity contribution in [1.82, 2.24) is 4.98 Å². The Kier molecular flexibility index (Phi) is 1.55. The fourth-order valence-electron chi connectivity index (χ4n) is 1.34. The molecule has 0 bridgehead atoms. The smallest absolute Gasteiger partial charge is 0.339 e. The lowest BCUT2D eigenvalue weighted by Crippen LogP contribution is -1.96. The van der Waals surface area contributed by atoms with Crippen molar-refractivity contribution >= 4 is 16.9 Å². The third-order valence-corrected chi connectivity index (χ3v) is 1.88. The molecule has 0 unspecified atom stereocenters. The maximum atomic E-state index is 10.8. The fourth-order valence-corrected chi connectivity index (χ4v) is 1.34. The van der Waals surface area contributed by atoms with Crippen molar-refractivity contribution in [2.45, 2.75) is 6.92 Å². The van der Waals surface area contributed by atoms with Gasteiger partial charge in [-0.1, -0.05) is 0 Å². The van der Waals surface area contributed by atoms with E-state index in [1.807, 2.05) is 0 Å². The number of aryl methyl sites for hydroxylation is 1. The fraction of sp³-hybridized carbons (Fsp3) is 0.111. The second-order valence-electron chi connectivity index (χ2n) is 2.71. The Bertz CT molecular complexity index is 473. The zero-order chi connectivity index (χ0) is 9.42. The number of aromatic nitrogens is 1. The van der Waals surface area contributed by atoms with Gasteiger partial charge < -0.3 is 9.52 Å². The Hall–Kier alpha value is -1.84. The molecule has 2 aromatic rings. The number of rotatable bonds is 1. The van der Waals surface area contributed by atoms with Crippen molar-refractivity contribution < 1.29 is 14.3 Å². The Morgan fingerprint density at radius 1 is 1.62 bits per heavy atom. The van der Waals surface area contributed by atoms with Crippen LogP contribution in [0.5, 0.6) is 0 Å². The molecule has 4 heteroatoms. The molecule has 0 fully saturated rings. The molecule has 0 saturated heterocycles. The minimum atomic E-state index is -0.970. The topological polar surface area (TPSA) is 63.3 Å². The van der Waals surface area contributed by atoms with Crippen molar-refractivity contribution in [1.29, 1.82) is 0 Å². The number of nitrogens with zero attached hydrogens (tertiary/aromatic N) is 1. The molecule has 0 amide bonds. The van der Waals surface area contributed by atoms with E-state index in [4.69, 9.17) is 9.52 Å². The molecule has 0 aliphatic heterocycles. The zero-order valence-corrected chi connectivity index (χ0v) is 6.94. The molecule has 0 radical (unpaired) electrons. The number of carboxylic acid groups (broad SMARTS) is 1. The predicted molar refractivity (Wildman–Crippen MR) is 45.7 cm³/mol. The molecule has 2 rings (SSSR count). The van der Waals surface area contributed by atoms with E-state index in [1.165, 1.54) is 6.20 Å². The van der Waals surface area contributed by atoms with Crippen LogP contribution in [0.2, 0.25) is 0 Å². The monoisotopic (exact) mass is 177 g/mol. The molecule has 0 aromatic carbocycles. The summed E-state index contributed by atoms with van der Waals surface area (Å²) in [4.78, 5) is 14.7. The summed E-state index contributed by atoms with van der Waals surface area (Å²) in [6, 6.07) is 1.63. The highest BCUT2D eigenvalue weighted by molar-refractivity contribution is 6.03. The van der Waals surface area contributed by atoms with Crippen LogP contribution in [-0.2, 0) is 0 Å². The van der Waals surface area contributed by atoms with E-state index in [0.29, 0.717) is 16.7 Å². The summed E-state index contributed by atoms with van der Waals surface area (Å²) in [7, 11) is 0. The number of hydrogen-bond acceptors (Lipinski definition) is 3. The predicted octanol–water partition coefficient (Wildman–Crippen LogP) is 1.83. The van der Waals surface area contributed by atoms with E-state index in [1.54, 1.807) is 19.2 Å². The maximum absolute atomic E-state index is 10.8. The number of aromatic carboxylic acids is 1. The molecule has 0 saturated carbocycles. The van der Waals surface area contributed by atoms with Crippen LogP contribution in [0.4, 0.5) is 0 Å². The summed E-state index contributed by atoms with van der Waals surface area (Å²) in [6.07, 6.45) is 3.05. The molecule has 2 aromatic heterocycles. The van der Waals surface area contributed by atoms with Crippen LogP contribution >= 0.6 is 0 Å². The second-order valence-corrected chi connectivity index (χ2v) is 2.71. The van der Waals surface area contributed by atoms with E-state index in [9.17, 15) is 4.79 Å². The number of carboxylic acids is 1. The first-order valence-electron chi connectivity index (χ1n) is 3.76. The number of pyridine rings is 1. The Morgan fingerprint density at radius 2 is 2.38 bits per heavy atom. The van der Waals surface area contributed by atoms with Gasteiger partial charge in [0.05, 0.1) is 6.20 Å².